The van der Waals surface area contributed by atoms with Crippen molar-refractivity contribution < 1.29 is 0 Å². The summed E-state index contributed by atoms with van der Waals surface area (Å²) in [6.07, 6.45) is 3.55. The van der Waals surface area contributed by atoms with E-state index in [1.54, 1.807) is 12.4 Å². The number of rotatable bonds is 3. The molecule has 2 aromatic rings. The first-order chi connectivity index (χ1) is 7.66. The first-order valence-electron chi connectivity index (χ1n) is 4.95. The van der Waals surface area contributed by atoms with Crippen LogP contribution < -0.4 is 5.32 Å². The zero-order valence-corrected chi connectivity index (χ0v) is 10.6. The molecule has 0 spiro atoms. The average molecular weight is 278 g/mol. The molecule has 0 aliphatic carbocycles. The first kappa shape index (κ1) is 11.1. The molecule has 0 aromatic carbocycles. The summed E-state index contributed by atoms with van der Waals surface area (Å²) >= 11 is 3.38. The minimum atomic E-state index is 0.747. The van der Waals surface area contributed by atoms with Crippen molar-refractivity contribution in [2.75, 3.05) is 11.9 Å². The van der Waals surface area contributed by atoms with Crippen molar-refractivity contribution in [3.05, 3.63) is 41.2 Å². The molecule has 0 bridgehead atoms. The van der Waals surface area contributed by atoms with Crippen LogP contribution in [0.5, 0.6) is 0 Å². The number of aromatic nitrogens is 2. The van der Waals surface area contributed by atoms with Crippen molar-refractivity contribution in [2.24, 2.45) is 0 Å². The van der Waals surface area contributed by atoms with Crippen molar-refractivity contribution >= 4 is 32.7 Å². The third-order valence-electron chi connectivity index (χ3n) is 2.12. The second-order valence-electron chi connectivity index (χ2n) is 3.69. The van der Waals surface area contributed by atoms with Gasteiger partial charge in [-0.25, -0.2) is 0 Å². The van der Waals surface area contributed by atoms with Gasteiger partial charge in [0.2, 0.25) is 0 Å². The van der Waals surface area contributed by atoms with Gasteiger partial charge in [-0.1, -0.05) is 12.2 Å². The van der Waals surface area contributed by atoms with E-state index < -0.39 is 0 Å². The summed E-state index contributed by atoms with van der Waals surface area (Å²) in [4.78, 5) is 8.63. The number of anilines is 1. The fraction of sp³-hybridized carbons (Fsp3) is 0.167. The van der Waals surface area contributed by atoms with E-state index >= 15 is 0 Å². The predicted octanol–water partition coefficient (Wildman–Crippen LogP) is 3.38. The predicted molar refractivity (Wildman–Crippen MR) is 70.5 cm³/mol. The van der Waals surface area contributed by atoms with Crippen LogP contribution in [0.25, 0.3) is 11.0 Å². The van der Waals surface area contributed by atoms with Gasteiger partial charge in [0, 0.05) is 23.4 Å². The summed E-state index contributed by atoms with van der Waals surface area (Å²) < 4.78 is 0.935. The maximum Gasteiger partial charge on any atom is 0.112 e. The summed E-state index contributed by atoms with van der Waals surface area (Å²) in [5.74, 6) is 0. The molecule has 1 N–H and O–H groups in total. The number of pyridine rings is 2. The van der Waals surface area contributed by atoms with E-state index in [1.165, 1.54) is 0 Å². The largest absolute Gasteiger partial charge is 0.379 e. The average Bonchev–Trinajstić information content (AvgIpc) is 2.25. The fourth-order valence-corrected chi connectivity index (χ4v) is 1.71. The summed E-state index contributed by atoms with van der Waals surface area (Å²) in [5.41, 5.74) is 3.83. The molecule has 3 nitrogen and oxygen atoms in total. The Morgan fingerprint density at radius 1 is 1.50 bits per heavy atom. The van der Waals surface area contributed by atoms with Gasteiger partial charge in [0.25, 0.3) is 0 Å². The van der Waals surface area contributed by atoms with Crippen LogP contribution in [0.3, 0.4) is 0 Å². The van der Waals surface area contributed by atoms with Gasteiger partial charge in [0.15, 0.2) is 0 Å². The van der Waals surface area contributed by atoms with Crippen LogP contribution in [0.1, 0.15) is 6.92 Å². The molecule has 16 heavy (non-hydrogen) atoms. The molecule has 0 amide bonds. The van der Waals surface area contributed by atoms with Gasteiger partial charge in [-0.2, -0.15) is 0 Å². The van der Waals surface area contributed by atoms with Crippen LogP contribution in [0, 0.1) is 0 Å². The number of nitrogens with one attached hydrogen (secondary N) is 1. The smallest absolute Gasteiger partial charge is 0.112 e. The molecule has 0 radical (unpaired) electrons. The normalized spacial score (nSPS) is 10.4. The molecule has 0 atom stereocenters. The fourth-order valence-electron chi connectivity index (χ4n) is 1.39. The summed E-state index contributed by atoms with van der Waals surface area (Å²) in [6.45, 7) is 6.59. The molecule has 0 unspecified atom stereocenters. The summed E-state index contributed by atoms with van der Waals surface area (Å²) in [5, 5.41) is 3.29. The van der Waals surface area contributed by atoms with E-state index in [2.05, 4.69) is 37.8 Å². The molecule has 2 rings (SSSR count). The molecule has 0 fully saturated rings. The molecule has 0 saturated carbocycles. The van der Waals surface area contributed by atoms with Crippen molar-refractivity contribution in [1.82, 2.24) is 9.97 Å². The van der Waals surface area contributed by atoms with E-state index in [4.69, 9.17) is 0 Å². The van der Waals surface area contributed by atoms with Crippen molar-refractivity contribution in [3.63, 3.8) is 0 Å². The zero-order chi connectivity index (χ0) is 11.5. The van der Waals surface area contributed by atoms with E-state index in [1.807, 2.05) is 19.1 Å². The number of halogens is 1. The minimum absolute atomic E-state index is 0.747. The Morgan fingerprint density at radius 2 is 2.31 bits per heavy atom. The minimum Gasteiger partial charge on any atom is -0.379 e. The van der Waals surface area contributed by atoms with Crippen LogP contribution in [0.15, 0.2) is 41.2 Å². The maximum atomic E-state index is 4.36. The van der Waals surface area contributed by atoms with Crippen molar-refractivity contribution in [1.29, 1.82) is 0 Å². The van der Waals surface area contributed by atoms with Gasteiger partial charge < -0.3 is 5.32 Å². The van der Waals surface area contributed by atoms with Crippen LogP contribution in [-0.2, 0) is 0 Å². The third kappa shape index (κ3) is 2.39. The number of hydrogen-bond acceptors (Lipinski definition) is 3. The van der Waals surface area contributed by atoms with E-state index in [0.717, 1.165) is 33.3 Å². The monoisotopic (exact) mass is 277 g/mol. The molecule has 2 heterocycles. The Labute approximate surface area is 103 Å². The molecule has 82 valence electrons. The van der Waals surface area contributed by atoms with E-state index in [9.17, 15) is 0 Å². The zero-order valence-electron chi connectivity index (χ0n) is 9.00. The highest BCUT2D eigenvalue weighted by molar-refractivity contribution is 9.10. The van der Waals surface area contributed by atoms with Crippen LogP contribution >= 0.6 is 15.9 Å². The van der Waals surface area contributed by atoms with Gasteiger partial charge in [0.05, 0.1) is 11.2 Å². The molecule has 0 aliphatic heterocycles. The standard InChI is InChI=1S/C12H12BrN3/c1-8(2)6-15-10-3-4-14-11-5-9(13)7-16-12(10)11/h3-5,7H,1,6H2,2H3,(H,14,15). The molecule has 4 heteroatoms. The van der Waals surface area contributed by atoms with E-state index in [-0.39, 0.29) is 0 Å². The number of fused-ring (bicyclic) bond motifs is 1. The van der Waals surface area contributed by atoms with E-state index in [0.29, 0.717) is 0 Å². The maximum absolute atomic E-state index is 4.36. The van der Waals surface area contributed by atoms with Gasteiger partial charge in [-0.3, -0.25) is 9.97 Å². The topological polar surface area (TPSA) is 37.8 Å². The van der Waals surface area contributed by atoms with Gasteiger partial charge >= 0.3 is 0 Å². The lowest BCUT2D eigenvalue weighted by atomic mass is 10.2. The highest BCUT2D eigenvalue weighted by atomic mass is 79.9. The number of nitrogens with zero attached hydrogens (tertiary/aromatic N) is 2. The van der Waals surface area contributed by atoms with Crippen LogP contribution in [-0.4, -0.2) is 16.5 Å². The summed E-state index contributed by atoms with van der Waals surface area (Å²) in [6, 6.07) is 3.88. The number of hydrogen-bond donors (Lipinski definition) is 1. The van der Waals surface area contributed by atoms with Gasteiger partial charge in [0.1, 0.15) is 5.52 Å². The second kappa shape index (κ2) is 4.61. The Bertz CT molecular complexity index is 537. The summed E-state index contributed by atoms with van der Waals surface area (Å²) in [7, 11) is 0. The quantitative estimate of drug-likeness (QED) is 0.874. The van der Waals surface area contributed by atoms with Gasteiger partial charge in [-0.05, 0) is 35.0 Å². The Hall–Kier alpha value is -1.42. The first-order valence-corrected chi connectivity index (χ1v) is 5.74. The lowest BCUT2D eigenvalue weighted by Gasteiger charge is -2.08. The Balaban J connectivity index is 2.41. The van der Waals surface area contributed by atoms with Gasteiger partial charge in [-0.15, -0.1) is 0 Å². The van der Waals surface area contributed by atoms with Crippen molar-refractivity contribution in [3.8, 4) is 0 Å². The third-order valence-corrected chi connectivity index (χ3v) is 2.56. The Kier molecular flexibility index (Phi) is 3.19. The Morgan fingerprint density at radius 3 is 3.06 bits per heavy atom. The van der Waals surface area contributed by atoms with Crippen molar-refractivity contribution in [2.45, 2.75) is 6.92 Å². The molecule has 0 aliphatic rings. The molecular weight excluding hydrogens is 266 g/mol. The lowest BCUT2D eigenvalue weighted by Crippen LogP contribution is -2.03. The lowest BCUT2D eigenvalue weighted by molar-refractivity contribution is 1.21. The van der Waals surface area contributed by atoms with Crippen LogP contribution in [0.4, 0.5) is 5.69 Å². The second-order valence-corrected chi connectivity index (χ2v) is 4.61. The molecular formula is C12H12BrN3. The molecule has 2 aromatic heterocycles. The highest BCUT2D eigenvalue weighted by Crippen LogP contribution is 2.21. The molecule has 0 saturated heterocycles. The highest BCUT2D eigenvalue weighted by Gasteiger charge is 2.03. The SMILES string of the molecule is C=C(C)CNc1ccnc2cc(Br)cnc12. The van der Waals surface area contributed by atoms with Crippen LogP contribution in [0.2, 0.25) is 0 Å².